The van der Waals surface area contributed by atoms with Gasteiger partial charge < -0.3 is 9.47 Å². The highest BCUT2D eigenvalue weighted by Crippen LogP contribution is 2.57. The molecule has 0 amide bonds. The minimum Gasteiger partial charge on any atom is -0.427 e. The van der Waals surface area contributed by atoms with Gasteiger partial charge in [0.1, 0.15) is 5.75 Å². The van der Waals surface area contributed by atoms with E-state index in [0.29, 0.717) is 5.75 Å². The van der Waals surface area contributed by atoms with Gasteiger partial charge in [0.25, 0.3) is 5.79 Å². The molecule has 122 valence electrons. The molecule has 5 nitrogen and oxygen atoms in total. The normalized spacial score (nSPS) is 23.5. The molecule has 1 atom stereocenters. The lowest BCUT2D eigenvalue weighted by Crippen LogP contribution is -2.70. The molecule has 0 saturated carbocycles. The number of hydrogen-bond donors (Lipinski definition) is 0. The first-order chi connectivity index (χ1) is 10.3. The van der Waals surface area contributed by atoms with Gasteiger partial charge in [-0.25, -0.2) is 4.89 Å². The maximum absolute atomic E-state index is 11.2. The Balaban J connectivity index is 2.49. The smallest absolute Gasteiger partial charge is 0.308 e. The van der Waals surface area contributed by atoms with Crippen molar-refractivity contribution in [2.45, 2.75) is 46.0 Å². The van der Waals surface area contributed by atoms with Crippen molar-refractivity contribution >= 4 is 5.97 Å². The summed E-state index contributed by atoms with van der Waals surface area (Å²) in [5.41, 5.74) is 0.152. The van der Waals surface area contributed by atoms with E-state index in [4.69, 9.17) is 19.2 Å². The number of benzene rings is 1. The summed E-state index contributed by atoms with van der Waals surface area (Å²) in [4.78, 5) is 22.2. The van der Waals surface area contributed by atoms with Crippen molar-refractivity contribution in [2.24, 2.45) is 11.8 Å². The Morgan fingerprint density at radius 3 is 2.18 bits per heavy atom. The summed E-state index contributed by atoms with van der Waals surface area (Å²) < 4.78 is 10.9. The highest BCUT2D eigenvalue weighted by molar-refractivity contribution is 5.69. The van der Waals surface area contributed by atoms with Gasteiger partial charge in [-0.2, -0.15) is 4.89 Å². The predicted molar refractivity (Wildman–Crippen MR) is 81.0 cm³/mol. The fourth-order valence-corrected chi connectivity index (χ4v) is 3.35. The van der Waals surface area contributed by atoms with E-state index in [1.54, 1.807) is 19.2 Å². The van der Waals surface area contributed by atoms with Crippen LogP contribution in [0.4, 0.5) is 0 Å². The first kappa shape index (κ1) is 16.9. The zero-order valence-corrected chi connectivity index (χ0v) is 14.0. The van der Waals surface area contributed by atoms with E-state index in [0.717, 1.165) is 5.56 Å². The van der Waals surface area contributed by atoms with Crippen LogP contribution in [-0.4, -0.2) is 18.7 Å². The largest absolute Gasteiger partial charge is 0.427 e. The quantitative estimate of drug-likeness (QED) is 0.474. The lowest BCUT2D eigenvalue weighted by atomic mass is 9.70. The minimum absolute atomic E-state index is 0.165. The second-order valence-electron chi connectivity index (χ2n) is 6.21. The van der Waals surface area contributed by atoms with Crippen LogP contribution in [0.25, 0.3) is 0 Å². The van der Waals surface area contributed by atoms with Crippen molar-refractivity contribution in [3.8, 4) is 5.75 Å². The Labute approximate surface area is 131 Å². The molecular weight excluding hydrogens is 284 g/mol. The summed E-state index contributed by atoms with van der Waals surface area (Å²) in [7, 11) is 1.60. The van der Waals surface area contributed by atoms with Gasteiger partial charge in [0.2, 0.25) is 0 Å². The number of rotatable bonds is 5. The van der Waals surface area contributed by atoms with Gasteiger partial charge >= 0.3 is 5.97 Å². The minimum atomic E-state index is -1.02. The monoisotopic (exact) mass is 308 g/mol. The van der Waals surface area contributed by atoms with Crippen LogP contribution >= 0.6 is 0 Å². The van der Waals surface area contributed by atoms with E-state index in [-0.39, 0.29) is 17.8 Å². The third-order valence-corrected chi connectivity index (χ3v) is 4.29. The Morgan fingerprint density at radius 2 is 1.77 bits per heavy atom. The first-order valence-electron chi connectivity index (χ1n) is 7.51. The number of carbonyl (C=O) groups is 1. The summed E-state index contributed by atoms with van der Waals surface area (Å²) >= 11 is 0. The van der Waals surface area contributed by atoms with Crippen molar-refractivity contribution in [3.05, 3.63) is 29.8 Å². The van der Waals surface area contributed by atoms with Crippen LogP contribution < -0.4 is 4.74 Å². The van der Waals surface area contributed by atoms with Crippen LogP contribution in [0.15, 0.2) is 24.3 Å². The highest BCUT2D eigenvalue weighted by atomic mass is 17.3. The number of esters is 1. The van der Waals surface area contributed by atoms with Crippen LogP contribution in [0, 0.1) is 11.8 Å². The molecule has 5 heteroatoms. The average Bonchev–Trinajstić information content (AvgIpc) is 2.37. The molecule has 2 rings (SSSR count). The predicted octanol–water partition coefficient (Wildman–Crippen LogP) is 3.42. The van der Waals surface area contributed by atoms with Crippen LogP contribution in [0.5, 0.6) is 5.75 Å². The van der Waals surface area contributed by atoms with Gasteiger partial charge in [0, 0.05) is 19.6 Å². The van der Waals surface area contributed by atoms with Crippen LogP contribution in [0.2, 0.25) is 0 Å². The maximum atomic E-state index is 11.2. The molecule has 1 saturated heterocycles. The van der Waals surface area contributed by atoms with Gasteiger partial charge in [-0.15, -0.1) is 0 Å². The van der Waals surface area contributed by atoms with E-state index in [2.05, 4.69) is 27.7 Å². The van der Waals surface area contributed by atoms with E-state index >= 15 is 0 Å². The number of hydrogen-bond acceptors (Lipinski definition) is 5. The fourth-order valence-electron chi connectivity index (χ4n) is 3.35. The first-order valence-corrected chi connectivity index (χ1v) is 7.51. The second kappa shape index (κ2) is 5.99. The molecule has 0 aromatic heterocycles. The summed E-state index contributed by atoms with van der Waals surface area (Å²) in [6.07, 6.45) is 0. The molecule has 1 aromatic rings. The zero-order valence-electron chi connectivity index (χ0n) is 14.0. The molecular formula is C17H24O5. The molecule has 1 heterocycles. The van der Waals surface area contributed by atoms with Crippen LogP contribution in [0.1, 0.15) is 40.2 Å². The van der Waals surface area contributed by atoms with E-state index in [1.807, 2.05) is 12.1 Å². The number of carbonyl (C=O) groups excluding carboxylic acids is 1. The summed E-state index contributed by atoms with van der Waals surface area (Å²) in [5.74, 6) is -0.602. The Kier molecular flexibility index (Phi) is 4.61. The third-order valence-electron chi connectivity index (χ3n) is 4.29. The molecule has 1 fully saturated rings. The SMILES string of the molecule is COC1(c2cccc(OC(C)=O)c2)OOC1(C(C)C)C(C)C. The van der Waals surface area contributed by atoms with Crippen molar-refractivity contribution < 1.29 is 24.0 Å². The van der Waals surface area contributed by atoms with Gasteiger partial charge in [0.05, 0.1) is 0 Å². The van der Waals surface area contributed by atoms with Crippen molar-refractivity contribution in [3.63, 3.8) is 0 Å². The second-order valence-corrected chi connectivity index (χ2v) is 6.21. The Hall–Kier alpha value is -1.43. The number of methoxy groups -OCH3 is 1. The molecule has 0 bridgehead atoms. The fraction of sp³-hybridized carbons (Fsp3) is 0.588. The molecule has 0 N–H and O–H groups in total. The molecule has 22 heavy (non-hydrogen) atoms. The molecule has 0 spiro atoms. The van der Waals surface area contributed by atoms with Gasteiger partial charge in [-0.05, 0) is 24.0 Å². The lowest BCUT2D eigenvalue weighted by molar-refractivity contribution is -0.634. The molecule has 0 radical (unpaired) electrons. The maximum Gasteiger partial charge on any atom is 0.308 e. The Bertz CT molecular complexity index is 540. The number of ether oxygens (including phenoxy) is 2. The topological polar surface area (TPSA) is 54.0 Å². The molecule has 1 aliphatic rings. The molecule has 1 aromatic carbocycles. The van der Waals surface area contributed by atoms with E-state index in [9.17, 15) is 4.79 Å². The molecule has 1 unspecified atom stereocenters. The van der Waals surface area contributed by atoms with Crippen LogP contribution in [0.3, 0.4) is 0 Å². The van der Waals surface area contributed by atoms with Crippen molar-refractivity contribution in [1.29, 1.82) is 0 Å². The van der Waals surface area contributed by atoms with Gasteiger partial charge in [0.15, 0.2) is 5.60 Å². The summed E-state index contributed by atoms with van der Waals surface area (Å²) in [5, 5.41) is 0. The summed E-state index contributed by atoms with van der Waals surface area (Å²) in [6.45, 7) is 9.67. The lowest BCUT2D eigenvalue weighted by Gasteiger charge is -2.59. The molecule has 1 aliphatic heterocycles. The standard InChI is InChI=1S/C17H24O5/c1-11(2)16(12(3)4)17(19-6,22-21-16)14-8-7-9-15(10-14)20-13(5)18/h7-12H,1-6H3. The van der Waals surface area contributed by atoms with Gasteiger partial charge in [-0.1, -0.05) is 39.8 Å². The van der Waals surface area contributed by atoms with Gasteiger partial charge in [-0.3, -0.25) is 4.79 Å². The van der Waals surface area contributed by atoms with E-state index in [1.165, 1.54) is 6.92 Å². The summed E-state index contributed by atoms with van der Waals surface area (Å²) in [6, 6.07) is 7.17. The highest BCUT2D eigenvalue weighted by Gasteiger charge is 2.69. The van der Waals surface area contributed by atoms with Crippen molar-refractivity contribution in [1.82, 2.24) is 0 Å². The van der Waals surface area contributed by atoms with Crippen LogP contribution in [-0.2, 0) is 25.1 Å². The zero-order chi connectivity index (χ0) is 16.5. The molecule has 0 aliphatic carbocycles. The third kappa shape index (κ3) is 2.33. The Morgan fingerprint density at radius 1 is 1.14 bits per heavy atom. The van der Waals surface area contributed by atoms with Crippen molar-refractivity contribution in [2.75, 3.05) is 7.11 Å². The van der Waals surface area contributed by atoms with E-state index < -0.39 is 11.4 Å². The average molecular weight is 308 g/mol.